The van der Waals surface area contributed by atoms with Crippen molar-refractivity contribution in [2.75, 3.05) is 12.0 Å². The zero-order chi connectivity index (χ0) is 20.4. The molecule has 1 aliphatic heterocycles. The van der Waals surface area contributed by atoms with Crippen molar-refractivity contribution in [3.8, 4) is 11.5 Å². The average Bonchev–Trinajstić information content (AvgIpc) is 2.93. The number of nitrogens with zero attached hydrogens (tertiary/aromatic N) is 1. The Kier molecular flexibility index (Phi) is 6.13. The molecule has 0 bridgehead atoms. The number of methoxy groups -OCH3 is 1. The first-order chi connectivity index (χ1) is 13.3. The number of carbonyl (C=O) groups excluding carboxylic acids is 1. The zero-order valence-corrected chi connectivity index (χ0v) is 17.7. The number of phenolic OH excluding ortho intramolecular Hbond substituents is 1. The summed E-state index contributed by atoms with van der Waals surface area (Å²) in [7, 11) is 1.48. The van der Waals surface area contributed by atoms with Crippen molar-refractivity contribution in [3.63, 3.8) is 0 Å². The molecular formula is C21H18ClNO3S2. The SMILES string of the molecule is C=CCc1cc(C=C2SC(=S)N(c3ccc(C)c(Cl)c3)C2=O)cc(OC)c1O. The predicted octanol–water partition coefficient (Wildman–Crippen LogP) is 5.50. The van der Waals surface area contributed by atoms with Crippen molar-refractivity contribution in [3.05, 3.63) is 69.6 Å². The Labute approximate surface area is 178 Å². The number of rotatable bonds is 5. The molecule has 2 aromatic rings. The number of aromatic hydroxyl groups is 1. The molecule has 0 saturated carbocycles. The number of hydrogen-bond donors (Lipinski definition) is 1. The third-order valence-electron chi connectivity index (χ3n) is 4.27. The number of thiocarbonyl (C=S) groups is 1. The van der Waals surface area contributed by atoms with E-state index < -0.39 is 0 Å². The van der Waals surface area contributed by atoms with Crippen molar-refractivity contribution in [2.24, 2.45) is 0 Å². The van der Waals surface area contributed by atoms with Crippen LogP contribution in [0.25, 0.3) is 6.08 Å². The Hall–Kier alpha value is -2.28. The molecule has 0 radical (unpaired) electrons. The lowest BCUT2D eigenvalue weighted by atomic mass is 10.1. The Bertz CT molecular complexity index is 1020. The first-order valence-corrected chi connectivity index (χ1v) is 10.0. The monoisotopic (exact) mass is 431 g/mol. The third-order valence-corrected chi connectivity index (χ3v) is 5.97. The Morgan fingerprint density at radius 3 is 2.75 bits per heavy atom. The average molecular weight is 432 g/mol. The van der Waals surface area contributed by atoms with E-state index in [4.69, 9.17) is 28.6 Å². The van der Waals surface area contributed by atoms with E-state index in [-0.39, 0.29) is 11.7 Å². The number of carbonyl (C=O) groups is 1. The van der Waals surface area contributed by atoms with E-state index in [0.717, 1.165) is 11.1 Å². The van der Waals surface area contributed by atoms with Gasteiger partial charge in [0.1, 0.15) is 0 Å². The van der Waals surface area contributed by atoms with Gasteiger partial charge in [0, 0.05) is 10.6 Å². The van der Waals surface area contributed by atoms with Gasteiger partial charge in [-0.1, -0.05) is 47.7 Å². The van der Waals surface area contributed by atoms with Crippen LogP contribution in [0.3, 0.4) is 0 Å². The van der Waals surface area contributed by atoms with Crippen molar-refractivity contribution < 1.29 is 14.6 Å². The number of thioether (sulfide) groups is 1. The summed E-state index contributed by atoms with van der Waals surface area (Å²) in [5, 5.41) is 10.8. The van der Waals surface area contributed by atoms with Gasteiger partial charge in [-0.3, -0.25) is 9.69 Å². The van der Waals surface area contributed by atoms with Gasteiger partial charge in [-0.05, 0) is 54.8 Å². The molecule has 1 saturated heterocycles. The molecule has 4 nitrogen and oxygen atoms in total. The summed E-state index contributed by atoms with van der Waals surface area (Å²) in [5.74, 6) is 0.194. The Morgan fingerprint density at radius 2 is 2.11 bits per heavy atom. The minimum atomic E-state index is -0.216. The summed E-state index contributed by atoms with van der Waals surface area (Å²) < 4.78 is 5.68. The van der Waals surface area contributed by atoms with Crippen LogP contribution in [-0.2, 0) is 11.2 Å². The first-order valence-electron chi connectivity index (χ1n) is 8.40. The number of phenols is 1. The van der Waals surface area contributed by atoms with Crippen LogP contribution >= 0.6 is 35.6 Å². The second-order valence-corrected chi connectivity index (χ2v) is 8.26. The molecule has 1 amide bonds. The van der Waals surface area contributed by atoms with Crippen LogP contribution in [0.4, 0.5) is 5.69 Å². The highest BCUT2D eigenvalue weighted by Crippen LogP contribution is 2.39. The second-order valence-electron chi connectivity index (χ2n) is 6.17. The van der Waals surface area contributed by atoms with E-state index in [2.05, 4.69) is 6.58 Å². The van der Waals surface area contributed by atoms with Gasteiger partial charge < -0.3 is 9.84 Å². The van der Waals surface area contributed by atoms with Crippen molar-refractivity contribution in [1.29, 1.82) is 0 Å². The van der Waals surface area contributed by atoms with Crippen LogP contribution in [0.15, 0.2) is 47.9 Å². The van der Waals surface area contributed by atoms with Crippen molar-refractivity contribution in [2.45, 2.75) is 13.3 Å². The number of benzene rings is 2. The number of allylic oxidation sites excluding steroid dienone is 1. The molecule has 1 heterocycles. The molecule has 0 aromatic heterocycles. The molecule has 7 heteroatoms. The molecule has 1 fully saturated rings. The second kappa shape index (κ2) is 8.39. The van der Waals surface area contributed by atoms with Crippen LogP contribution in [0.1, 0.15) is 16.7 Å². The number of amides is 1. The van der Waals surface area contributed by atoms with Crippen LogP contribution < -0.4 is 9.64 Å². The molecule has 0 unspecified atom stereocenters. The van der Waals surface area contributed by atoms with Gasteiger partial charge in [0.2, 0.25) is 0 Å². The number of aryl methyl sites for hydroxylation is 1. The van der Waals surface area contributed by atoms with Crippen molar-refractivity contribution >= 4 is 57.6 Å². The van der Waals surface area contributed by atoms with E-state index in [1.165, 1.54) is 23.8 Å². The molecule has 28 heavy (non-hydrogen) atoms. The quantitative estimate of drug-likeness (QED) is 0.385. The Morgan fingerprint density at radius 1 is 1.36 bits per heavy atom. The summed E-state index contributed by atoms with van der Waals surface area (Å²) >= 11 is 12.8. The van der Waals surface area contributed by atoms with Gasteiger partial charge in [0.25, 0.3) is 5.91 Å². The fourth-order valence-electron chi connectivity index (χ4n) is 2.80. The number of halogens is 1. The lowest BCUT2D eigenvalue weighted by Gasteiger charge is -2.15. The smallest absolute Gasteiger partial charge is 0.270 e. The van der Waals surface area contributed by atoms with E-state index in [9.17, 15) is 9.90 Å². The van der Waals surface area contributed by atoms with Gasteiger partial charge in [0.05, 0.1) is 17.7 Å². The molecule has 0 aliphatic carbocycles. The first kappa shape index (κ1) is 20.5. The van der Waals surface area contributed by atoms with E-state index in [1.807, 2.05) is 19.1 Å². The van der Waals surface area contributed by atoms with Crippen LogP contribution in [-0.4, -0.2) is 22.4 Å². The maximum atomic E-state index is 13.0. The molecule has 0 spiro atoms. The summed E-state index contributed by atoms with van der Waals surface area (Å²) in [6.07, 6.45) is 3.91. The molecular weight excluding hydrogens is 414 g/mol. The predicted molar refractivity (Wildman–Crippen MR) is 120 cm³/mol. The summed E-state index contributed by atoms with van der Waals surface area (Å²) in [6, 6.07) is 8.88. The molecule has 1 N–H and O–H groups in total. The van der Waals surface area contributed by atoms with Gasteiger partial charge in [-0.25, -0.2) is 0 Å². The van der Waals surface area contributed by atoms with Crippen LogP contribution in [0.2, 0.25) is 5.02 Å². The molecule has 144 valence electrons. The largest absolute Gasteiger partial charge is 0.504 e. The van der Waals surface area contributed by atoms with E-state index in [1.54, 1.807) is 30.4 Å². The lowest BCUT2D eigenvalue weighted by molar-refractivity contribution is -0.113. The summed E-state index contributed by atoms with van der Waals surface area (Å²) in [5.41, 5.74) is 2.96. The fraction of sp³-hybridized carbons (Fsp3) is 0.143. The zero-order valence-electron chi connectivity index (χ0n) is 15.4. The van der Waals surface area contributed by atoms with Gasteiger partial charge in [0.15, 0.2) is 15.8 Å². The highest BCUT2D eigenvalue weighted by Gasteiger charge is 2.33. The van der Waals surface area contributed by atoms with Crippen LogP contribution in [0, 0.1) is 6.92 Å². The normalized spacial score (nSPS) is 15.4. The minimum absolute atomic E-state index is 0.0707. The Balaban J connectivity index is 1.98. The standard InChI is InChI=1S/C21H18ClNO3S2/c1-4-5-14-8-13(9-17(26-3)19(14)24)10-18-20(25)23(21(27)28-18)15-7-6-12(2)16(22)11-15/h4,6-11,24H,1,5H2,2-3H3. The lowest BCUT2D eigenvalue weighted by Crippen LogP contribution is -2.27. The van der Waals surface area contributed by atoms with E-state index in [0.29, 0.717) is 37.7 Å². The van der Waals surface area contributed by atoms with Gasteiger partial charge in [-0.2, -0.15) is 0 Å². The fourth-order valence-corrected chi connectivity index (χ4v) is 4.28. The topological polar surface area (TPSA) is 49.8 Å². The van der Waals surface area contributed by atoms with Gasteiger partial charge in [-0.15, -0.1) is 6.58 Å². The number of anilines is 1. The summed E-state index contributed by atoms with van der Waals surface area (Å²) in [6.45, 7) is 5.60. The highest BCUT2D eigenvalue weighted by molar-refractivity contribution is 8.27. The van der Waals surface area contributed by atoms with Crippen LogP contribution in [0.5, 0.6) is 11.5 Å². The molecule has 3 rings (SSSR count). The minimum Gasteiger partial charge on any atom is -0.504 e. The highest BCUT2D eigenvalue weighted by atomic mass is 35.5. The molecule has 1 aliphatic rings. The third kappa shape index (κ3) is 3.94. The summed E-state index contributed by atoms with van der Waals surface area (Å²) in [4.78, 5) is 14.9. The van der Waals surface area contributed by atoms with E-state index >= 15 is 0 Å². The maximum absolute atomic E-state index is 13.0. The number of hydrogen-bond acceptors (Lipinski definition) is 5. The molecule has 0 atom stereocenters. The van der Waals surface area contributed by atoms with Crippen molar-refractivity contribution in [1.82, 2.24) is 0 Å². The number of ether oxygens (including phenoxy) is 1. The molecule has 2 aromatic carbocycles. The van der Waals surface area contributed by atoms with Gasteiger partial charge >= 0.3 is 0 Å². The maximum Gasteiger partial charge on any atom is 0.270 e.